The molecule has 0 aliphatic rings. The average Bonchev–Trinajstić information content (AvgIpc) is 2.57. The van der Waals surface area contributed by atoms with E-state index in [1.54, 1.807) is 19.9 Å². The quantitative estimate of drug-likeness (QED) is 0.753. The van der Waals surface area contributed by atoms with Gasteiger partial charge in [0, 0.05) is 5.69 Å². The number of hydrogen-bond acceptors (Lipinski definition) is 4. The Labute approximate surface area is 158 Å². The molecule has 1 unspecified atom stereocenters. The number of esters is 1. The second-order valence-electron chi connectivity index (χ2n) is 5.93. The molecule has 0 aromatic heterocycles. The molecule has 0 aliphatic carbocycles. The summed E-state index contributed by atoms with van der Waals surface area (Å²) >= 11 is 6.10. The van der Waals surface area contributed by atoms with Crippen molar-refractivity contribution in [3.05, 3.63) is 58.1 Å². The number of anilines is 1. The third-order valence-corrected chi connectivity index (χ3v) is 4.05. The highest BCUT2D eigenvalue weighted by atomic mass is 35.5. The largest absolute Gasteiger partial charge is 0.481 e. The number of amides is 1. The smallest absolute Gasteiger partial charge is 0.339 e. The SMILES string of the molecule is CCOC(=O)c1ccc(NC(=O)C(C)Oc2ccc(C)cc2C)cc1Cl. The van der Waals surface area contributed by atoms with E-state index in [-0.39, 0.29) is 23.1 Å². The molecule has 1 atom stereocenters. The van der Waals surface area contributed by atoms with Crippen molar-refractivity contribution in [1.29, 1.82) is 0 Å². The average molecular weight is 376 g/mol. The normalized spacial score (nSPS) is 11.6. The molecule has 2 rings (SSSR count). The van der Waals surface area contributed by atoms with Gasteiger partial charge in [-0.2, -0.15) is 0 Å². The molecule has 5 nitrogen and oxygen atoms in total. The number of hydrogen-bond donors (Lipinski definition) is 1. The van der Waals surface area contributed by atoms with Crippen LogP contribution in [-0.2, 0) is 9.53 Å². The van der Waals surface area contributed by atoms with Crippen molar-refractivity contribution in [2.75, 3.05) is 11.9 Å². The molecule has 1 amide bonds. The Hall–Kier alpha value is -2.53. The third-order valence-electron chi connectivity index (χ3n) is 3.74. The first-order chi connectivity index (χ1) is 12.3. The van der Waals surface area contributed by atoms with Gasteiger partial charge in [-0.15, -0.1) is 0 Å². The molecule has 2 aromatic rings. The predicted molar refractivity (Wildman–Crippen MR) is 102 cm³/mol. The molecule has 138 valence electrons. The molecule has 26 heavy (non-hydrogen) atoms. The number of rotatable bonds is 6. The fraction of sp³-hybridized carbons (Fsp3) is 0.300. The molecule has 0 spiro atoms. The van der Waals surface area contributed by atoms with Gasteiger partial charge in [0.05, 0.1) is 17.2 Å². The van der Waals surface area contributed by atoms with Crippen LogP contribution in [0, 0.1) is 13.8 Å². The molecular formula is C20H22ClNO4. The lowest BCUT2D eigenvalue weighted by molar-refractivity contribution is -0.122. The first-order valence-corrected chi connectivity index (χ1v) is 8.71. The maximum Gasteiger partial charge on any atom is 0.339 e. The molecule has 6 heteroatoms. The fourth-order valence-corrected chi connectivity index (χ4v) is 2.64. The van der Waals surface area contributed by atoms with Gasteiger partial charge in [-0.05, 0) is 57.5 Å². The number of carbonyl (C=O) groups excluding carboxylic acids is 2. The number of nitrogens with one attached hydrogen (secondary N) is 1. The van der Waals surface area contributed by atoms with Crippen molar-refractivity contribution in [3.8, 4) is 5.75 Å². The molecular weight excluding hydrogens is 354 g/mol. The predicted octanol–water partition coefficient (Wildman–Crippen LogP) is 4.54. The standard InChI is InChI=1S/C20H22ClNO4/c1-5-25-20(24)16-8-7-15(11-17(16)21)22-19(23)14(4)26-18-9-6-12(2)10-13(18)3/h6-11,14H,5H2,1-4H3,(H,22,23). The first-order valence-electron chi connectivity index (χ1n) is 8.33. The Balaban J connectivity index is 2.04. The van der Waals surface area contributed by atoms with E-state index in [1.165, 1.54) is 12.1 Å². The number of aryl methyl sites for hydroxylation is 2. The van der Waals surface area contributed by atoms with Crippen LogP contribution in [0.4, 0.5) is 5.69 Å². The molecule has 1 N–H and O–H groups in total. The number of ether oxygens (including phenoxy) is 2. The van der Waals surface area contributed by atoms with Crippen LogP contribution in [0.15, 0.2) is 36.4 Å². The van der Waals surface area contributed by atoms with Gasteiger partial charge >= 0.3 is 5.97 Å². The summed E-state index contributed by atoms with van der Waals surface area (Å²) in [6, 6.07) is 10.4. The third kappa shape index (κ3) is 4.99. The Bertz CT molecular complexity index is 819. The Morgan fingerprint density at radius 1 is 1.15 bits per heavy atom. The summed E-state index contributed by atoms with van der Waals surface area (Å²) < 4.78 is 10.7. The summed E-state index contributed by atoms with van der Waals surface area (Å²) in [5, 5.41) is 2.94. The monoisotopic (exact) mass is 375 g/mol. The van der Waals surface area contributed by atoms with Gasteiger partial charge in [-0.1, -0.05) is 29.3 Å². The molecule has 2 aromatic carbocycles. The summed E-state index contributed by atoms with van der Waals surface area (Å²) in [5.74, 6) is -0.152. The summed E-state index contributed by atoms with van der Waals surface area (Å²) in [6.07, 6.45) is -0.695. The number of halogens is 1. The summed E-state index contributed by atoms with van der Waals surface area (Å²) in [7, 11) is 0. The van der Waals surface area contributed by atoms with Crippen molar-refractivity contribution in [1.82, 2.24) is 0 Å². The second kappa shape index (κ2) is 8.72. The van der Waals surface area contributed by atoms with Crippen LogP contribution in [0.3, 0.4) is 0 Å². The molecule has 0 fully saturated rings. The van der Waals surface area contributed by atoms with Crippen molar-refractivity contribution in [3.63, 3.8) is 0 Å². The van der Waals surface area contributed by atoms with E-state index >= 15 is 0 Å². The lowest BCUT2D eigenvalue weighted by Crippen LogP contribution is -2.30. The minimum absolute atomic E-state index is 0.212. The Morgan fingerprint density at radius 3 is 2.50 bits per heavy atom. The molecule has 0 saturated heterocycles. The van der Waals surface area contributed by atoms with Crippen molar-refractivity contribution in [2.24, 2.45) is 0 Å². The van der Waals surface area contributed by atoms with E-state index in [0.717, 1.165) is 11.1 Å². The highest BCUT2D eigenvalue weighted by Gasteiger charge is 2.17. The van der Waals surface area contributed by atoms with Crippen LogP contribution in [-0.4, -0.2) is 24.6 Å². The maximum absolute atomic E-state index is 12.4. The first kappa shape index (κ1) is 19.8. The minimum atomic E-state index is -0.695. The fourth-order valence-electron chi connectivity index (χ4n) is 2.39. The topological polar surface area (TPSA) is 64.6 Å². The van der Waals surface area contributed by atoms with Crippen LogP contribution in [0.5, 0.6) is 5.75 Å². The van der Waals surface area contributed by atoms with E-state index in [9.17, 15) is 9.59 Å². The van der Waals surface area contributed by atoms with Gasteiger partial charge < -0.3 is 14.8 Å². The van der Waals surface area contributed by atoms with E-state index < -0.39 is 12.1 Å². The second-order valence-corrected chi connectivity index (χ2v) is 6.34. The zero-order valence-corrected chi connectivity index (χ0v) is 16.0. The molecule has 0 aliphatic heterocycles. The number of benzene rings is 2. The van der Waals surface area contributed by atoms with Crippen LogP contribution < -0.4 is 10.1 Å². The van der Waals surface area contributed by atoms with Gasteiger partial charge in [0.15, 0.2) is 6.10 Å². The molecule has 0 saturated carbocycles. The van der Waals surface area contributed by atoms with Gasteiger partial charge in [0.25, 0.3) is 5.91 Å². The van der Waals surface area contributed by atoms with Crippen molar-refractivity contribution in [2.45, 2.75) is 33.8 Å². The van der Waals surface area contributed by atoms with E-state index in [1.807, 2.05) is 32.0 Å². The van der Waals surface area contributed by atoms with E-state index in [0.29, 0.717) is 11.4 Å². The van der Waals surface area contributed by atoms with Crippen LogP contribution in [0.2, 0.25) is 5.02 Å². The highest BCUT2D eigenvalue weighted by molar-refractivity contribution is 6.34. The Morgan fingerprint density at radius 2 is 1.88 bits per heavy atom. The molecule has 0 bridgehead atoms. The lowest BCUT2D eigenvalue weighted by atomic mass is 10.1. The van der Waals surface area contributed by atoms with Crippen molar-refractivity contribution < 1.29 is 19.1 Å². The maximum atomic E-state index is 12.4. The summed E-state index contributed by atoms with van der Waals surface area (Å²) in [6.45, 7) is 7.58. The van der Waals surface area contributed by atoms with Crippen molar-refractivity contribution >= 4 is 29.2 Å². The Kier molecular flexibility index (Phi) is 6.64. The number of carbonyl (C=O) groups is 2. The van der Waals surface area contributed by atoms with Crippen LogP contribution in [0.25, 0.3) is 0 Å². The summed E-state index contributed by atoms with van der Waals surface area (Å²) in [4.78, 5) is 24.1. The molecule has 0 radical (unpaired) electrons. The minimum Gasteiger partial charge on any atom is -0.481 e. The highest BCUT2D eigenvalue weighted by Crippen LogP contribution is 2.23. The lowest BCUT2D eigenvalue weighted by Gasteiger charge is -2.17. The van der Waals surface area contributed by atoms with E-state index in [4.69, 9.17) is 21.1 Å². The van der Waals surface area contributed by atoms with Gasteiger partial charge in [-0.3, -0.25) is 4.79 Å². The van der Waals surface area contributed by atoms with E-state index in [2.05, 4.69) is 5.32 Å². The zero-order valence-electron chi connectivity index (χ0n) is 15.3. The zero-order chi connectivity index (χ0) is 19.3. The van der Waals surface area contributed by atoms with Gasteiger partial charge in [-0.25, -0.2) is 4.79 Å². The van der Waals surface area contributed by atoms with Crippen LogP contribution in [0.1, 0.15) is 35.3 Å². The van der Waals surface area contributed by atoms with Gasteiger partial charge in [0.1, 0.15) is 5.75 Å². The van der Waals surface area contributed by atoms with Crippen LogP contribution >= 0.6 is 11.6 Å². The van der Waals surface area contributed by atoms with Gasteiger partial charge in [0.2, 0.25) is 0 Å². The summed E-state index contributed by atoms with van der Waals surface area (Å²) in [5.41, 5.74) is 2.82. The molecule has 0 heterocycles.